The van der Waals surface area contributed by atoms with Gasteiger partial charge in [0.2, 0.25) is 0 Å². The fraction of sp³-hybridized carbons (Fsp3) is 0.467. The second-order valence-corrected chi connectivity index (χ2v) is 4.89. The second kappa shape index (κ2) is 6.33. The average molecular weight is 305 g/mol. The van der Waals surface area contributed by atoms with E-state index in [1.165, 1.54) is 0 Å². The number of aromatic nitrogens is 3. The maximum absolute atomic E-state index is 5.76. The first-order valence-electron chi connectivity index (χ1n) is 7.09. The van der Waals surface area contributed by atoms with Crippen molar-refractivity contribution in [3.8, 4) is 17.2 Å². The van der Waals surface area contributed by atoms with Crippen LogP contribution in [-0.2, 0) is 9.47 Å². The molecule has 1 atom stereocenters. The third-order valence-electron chi connectivity index (χ3n) is 3.58. The predicted molar refractivity (Wildman–Crippen MR) is 78.7 cm³/mol. The molecule has 0 saturated carbocycles. The van der Waals surface area contributed by atoms with E-state index in [4.69, 9.17) is 18.9 Å². The van der Waals surface area contributed by atoms with Gasteiger partial charge in [0.15, 0.2) is 5.82 Å². The smallest absolute Gasteiger partial charge is 0.169 e. The van der Waals surface area contributed by atoms with Gasteiger partial charge in [-0.1, -0.05) is 6.07 Å². The van der Waals surface area contributed by atoms with Crippen LogP contribution in [0.1, 0.15) is 17.8 Å². The Morgan fingerprint density at radius 1 is 1.14 bits per heavy atom. The van der Waals surface area contributed by atoms with Gasteiger partial charge in [-0.25, -0.2) is 0 Å². The van der Waals surface area contributed by atoms with Crippen LogP contribution in [0.3, 0.4) is 0 Å². The first-order valence-corrected chi connectivity index (χ1v) is 7.09. The molecule has 1 aliphatic heterocycles. The highest BCUT2D eigenvalue weighted by molar-refractivity contribution is 5.58. The molecule has 22 heavy (non-hydrogen) atoms. The number of benzene rings is 1. The number of hydrogen-bond donors (Lipinski definition) is 0. The van der Waals surface area contributed by atoms with Crippen LogP contribution in [0.5, 0.6) is 11.5 Å². The van der Waals surface area contributed by atoms with E-state index >= 15 is 0 Å². The standard InChI is InChI=1S/C15H19N3O4/c1-10-16-17-15(13-9-21-7-8-22-13)18(10)14-11(19-2)5-4-6-12(14)20-3/h4-6,13H,7-9H2,1-3H3/t13-/m0/s1. The molecule has 2 aromatic rings. The molecule has 0 aliphatic carbocycles. The normalized spacial score (nSPS) is 18.2. The van der Waals surface area contributed by atoms with Crippen molar-refractivity contribution in [2.75, 3.05) is 34.0 Å². The molecule has 1 aromatic heterocycles. The molecule has 7 heteroatoms. The Kier molecular flexibility index (Phi) is 4.26. The lowest BCUT2D eigenvalue weighted by molar-refractivity contribution is -0.0941. The molecule has 118 valence electrons. The lowest BCUT2D eigenvalue weighted by atomic mass is 10.2. The van der Waals surface area contributed by atoms with Crippen LogP contribution in [0, 0.1) is 6.92 Å². The molecule has 0 amide bonds. The Hall–Kier alpha value is -2.12. The number of rotatable bonds is 4. The average Bonchev–Trinajstić information content (AvgIpc) is 2.96. The summed E-state index contributed by atoms with van der Waals surface area (Å²) in [5.74, 6) is 2.77. The third-order valence-corrected chi connectivity index (χ3v) is 3.58. The van der Waals surface area contributed by atoms with Crippen LogP contribution in [0.15, 0.2) is 18.2 Å². The Labute approximate surface area is 128 Å². The molecule has 0 unspecified atom stereocenters. The molecule has 0 N–H and O–H groups in total. The molecule has 1 saturated heterocycles. The Morgan fingerprint density at radius 3 is 2.45 bits per heavy atom. The van der Waals surface area contributed by atoms with Gasteiger partial charge in [0, 0.05) is 0 Å². The van der Waals surface area contributed by atoms with Gasteiger partial charge < -0.3 is 18.9 Å². The lowest BCUT2D eigenvalue weighted by Crippen LogP contribution is -2.25. The van der Waals surface area contributed by atoms with E-state index in [2.05, 4.69) is 10.2 Å². The Bertz CT molecular complexity index is 628. The lowest BCUT2D eigenvalue weighted by Gasteiger charge is -2.24. The zero-order valence-corrected chi connectivity index (χ0v) is 12.9. The zero-order valence-electron chi connectivity index (χ0n) is 12.9. The summed E-state index contributed by atoms with van der Waals surface area (Å²) in [4.78, 5) is 0. The molecule has 1 aromatic carbocycles. The van der Waals surface area contributed by atoms with Gasteiger partial charge in [-0.15, -0.1) is 10.2 Å². The van der Waals surface area contributed by atoms with Crippen molar-refractivity contribution in [2.24, 2.45) is 0 Å². The second-order valence-electron chi connectivity index (χ2n) is 4.89. The summed E-state index contributed by atoms with van der Waals surface area (Å²) in [5, 5.41) is 8.45. The van der Waals surface area contributed by atoms with E-state index in [0.717, 1.165) is 11.5 Å². The van der Waals surface area contributed by atoms with Crippen molar-refractivity contribution >= 4 is 0 Å². The summed E-state index contributed by atoms with van der Waals surface area (Å²) >= 11 is 0. The maximum Gasteiger partial charge on any atom is 0.169 e. The highest BCUT2D eigenvalue weighted by Crippen LogP contribution is 2.35. The van der Waals surface area contributed by atoms with E-state index in [1.54, 1.807) is 14.2 Å². The number of aryl methyl sites for hydroxylation is 1. The van der Waals surface area contributed by atoms with Gasteiger partial charge in [0.1, 0.15) is 29.1 Å². The minimum atomic E-state index is -0.260. The van der Waals surface area contributed by atoms with E-state index in [0.29, 0.717) is 37.1 Å². The molecule has 1 fully saturated rings. The van der Waals surface area contributed by atoms with Crippen LogP contribution < -0.4 is 9.47 Å². The highest BCUT2D eigenvalue weighted by atomic mass is 16.6. The zero-order chi connectivity index (χ0) is 15.5. The fourth-order valence-electron chi connectivity index (χ4n) is 2.55. The Morgan fingerprint density at radius 2 is 1.86 bits per heavy atom. The van der Waals surface area contributed by atoms with Crippen LogP contribution in [0.25, 0.3) is 5.69 Å². The number of nitrogens with zero attached hydrogens (tertiary/aromatic N) is 3. The van der Waals surface area contributed by atoms with Crippen molar-refractivity contribution in [2.45, 2.75) is 13.0 Å². The Balaban J connectivity index is 2.14. The molecule has 0 radical (unpaired) electrons. The van der Waals surface area contributed by atoms with Gasteiger partial charge in [-0.05, 0) is 19.1 Å². The van der Waals surface area contributed by atoms with Crippen LogP contribution >= 0.6 is 0 Å². The minimum Gasteiger partial charge on any atom is -0.494 e. The van der Waals surface area contributed by atoms with Gasteiger partial charge >= 0.3 is 0 Å². The highest BCUT2D eigenvalue weighted by Gasteiger charge is 2.27. The van der Waals surface area contributed by atoms with Crippen molar-refractivity contribution in [3.05, 3.63) is 29.8 Å². The molecular formula is C15H19N3O4. The van der Waals surface area contributed by atoms with E-state index < -0.39 is 0 Å². The summed E-state index contributed by atoms with van der Waals surface area (Å²) in [6, 6.07) is 5.62. The summed E-state index contributed by atoms with van der Waals surface area (Å²) < 4.78 is 24.1. The molecule has 3 rings (SSSR count). The van der Waals surface area contributed by atoms with Crippen LogP contribution in [0.4, 0.5) is 0 Å². The molecular weight excluding hydrogens is 286 g/mol. The first kappa shape index (κ1) is 14.8. The monoisotopic (exact) mass is 305 g/mol. The number of methoxy groups -OCH3 is 2. The third kappa shape index (κ3) is 2.53. The quantitative estimate of drug-likeness (QED) is 0.856. The van der Waals surface area contributed by atoms with E-state index in [1.807, 2.05) is 29.7 Å². The molecule has 0 bridgehead atoms. The summed E-state index contributed by atoms with van der Waals surface area (Å²) in [6.07, 6.45) is -0.260. The SMILES string of the molecule is COc1cccc(OC)c1-n1c(C)nnc1[C@@H]1COCCO1. The summed E-state index contributed by atoms with van der Waals surface area (Å²) in [7, 11) is 3.25. The van der Waals surface area contributed by atoms with Gasteiger partial charge in [-0.2, -0.15) is 0 Å². The number of para-hydroxylation sites is 1. The van der Waals surface area contributed by atoms with Crippen LogP contribution in [0.2, 0.25) is 0 Å². The maximum atomic E-state index is 5.76. The van der Waals surface area contributed by atoms with Crippen molar-refractivity contribution in [1.29, 1.82) is 0 Å². The molecule has 2 heterocycles. The number of hydrogen-bond acceptors (Lipinski definition) is 6. The van der Waals surface area contributed by atoms with Crippen molar-refractivity contribution in [1.82, 2.24) is 14.8 Å². The van der Waals surface area contributed by atoms with Gasteiger partial charge in [0.25, 0.3) is 0 Å². The largest absolute Gasteiger partial charge is 0.494 e. The topological polar surface area (TPSA) is 67.6 Å². The van der Waals surface area contributed by atoms with E-state index in [-0.39, 0.29) is 6.10 Å². The predicted octanol–water partition coefficient (Wildman–Crippen LogP) is 1.68. The van der Waals surface area contributed by atoms with E-state index in [9.17, 15) is 0 Å². The molecule has 7 nitrogen and oxygen atoms in total. The van der Waals surface area contributed by atoms with Crippen LogP contribution in [-0.4, -0.2) is 48.8 Å². The number of ether oxygens (including phenoxy) is 4. The minimum absolute atomic E-state index is 0.260. The first-order chi connectivity index (χ1) is 10.8. The van der Waals surface area contributed by atoms with Gasteiger partial charge in [0.05, 0.1) is 34.0 Å². The summed E-state index contributed by atoms with van der Waals surface area (Å²) in [5.41, 5.74) is 0.763. The van der Waals surface area contributed by atoms with Gasteiger partial charge in [-0.3, -0.25) is 4.57 Å². The summed E-state index contributed by atoms with van der Waals surface area (Å²) in [6.45, 7) is 3.48. The molecule has 0 spiro atoms. The fourth-order valence-corrected chi connectivity index (χ4v) is 2.55. The van der Waals surface area contributed by atoms with Crippen molar-refractivity contribution in [3.63, 3.8) is 0 Å². The molecule has 1 aliphatic rings. The van der Waals surface area contributed by atoms with Crippen molar-refractivity contribution < 1.29 is 18.9 Å².